The number of hydrogen-bond donors (Lipinski definition) is 1. The summed E-state index contributed by atoms with van der Waals surface area (Å²) in [7, 11) is 5.98. The maximum Gasteiger partial charge on any atom is 0.182 e. The summed E-state index contributed by atoms with van der Waals surface area (Å²) in [6.45, 7) is 1.89. The monoisotopic (exact) mass is 276 g/mol. The van der Waals surface area contributed by atoms with Crippen LogP contribution in [-0.2, 0) is 4.74 Å². The van der Waals surface area contributed by atoms with Gasteiger partial charge in [0.15, 0.2) is 11.5 Å². The zero-order chi connectivity index (χ0) is 14.1. The summed E-state index contributed by atoms with van der Waals surface area (Å²) in [4.78, 5) is 20.3. The Kier molecular flexibility index (Phi) is 3.54. The predicted molar refractivity (Wildman–Crippen MR) is 76.8 cm³/mol. The Morgan fingerprint density at radius 3 is 3.05 bits per heavy atom. The van der Waals surface area contributed by atoms with Crippen molar-refractivity contribution >= 4 is 17.0 Å². The quantitative estimate of drug-likeness (QED) is 0.877. The lowest BCUT2D eigenvalue weighted by Gasteiger charge is -2.26. The van der Waals surface area contributed by atoms with Gasteiger partial charge in [-0.2, -0.15) is 0 Å². The Labute approximate surface area is 118 Å². The normalized spacial score (nSPS) is 23.6. The Morgan fingerprint density at radius 2 is 2.30 bits per heavy atom. The van der Waals surface area contributed by atoms with E-state index in [2.05, 4.69) is 43.8 Å². The molecular weight excluding hydrogens is 256 g/mol. The van der Waals surface area contributed by atoms with Gasteiger partial charge in [-0.15, -0.1) is 0 Å². The molecule has 1 fully saturated rings. The van der Waals surface area contributed by atoms with Gasteiger partial charge in [0.1, 0.15) is 11.8 Å². The highest BCUT2D eigenvalue weighted by Crippen LogP contribution is 2.23. The van der Waals surface area contributed by atoms with Crippen LogP contribution in [0.2, 0.25) is 0 Å². The Morgan fingerprint density at radius 1 is 1.45 bits per heavy atom. The van der Waals surface area contributed by atoms with E-state index in [1.807, 2.05) is 0 Å². The molecule has 0 aliphatic carbocycles. The highest BCUT2D eigenvalue weighted by atomic mass is 16.5. The minimum atomic E-state index is 0.330. The minimum absolute atomic E-state index is 0.330. The number of anilines is 1. The molecule has 3 rings (SSSR count). The van der Waals surface area contributed by atoms with Gasteiger partial charge in [-0.25, -0.2) is 15.0 Å². The summed E-state index contributed by atoms with van der Waals surface area (Å²) >= 11 is 0. The lowest BCUT2D eigenvalue weighted by Crippen LogP contribution is -2.37. The third-order valence-corrected chi connectivity index (χ3v) is 4.03. The molecule has 108 valence electrons. The number of ether oxygens (including phenoxy) is 1. The molecule has 1 N–H and O–H groups in total. The first-order chi connectivity index (χ1) is 9.69. The third kappa shape index (κ3) is 2.34. The van der Waals surface area contributed by atoms with Gasteiger partial charge >= 0.3 is 0 Å². The molecule has 2 aromatic heterocycles. The van der Waals surface area contributed by atoms with Crippen molar-refractivity contribution in [1.29, 1.82) is 0 Å². The molecule has 0 bridgehead atoms. The maximum atomic E-state index is 5.45. The van der Waals surface area contributed by atoms with Gasteiger partial charge in [0.25, 0.3) is 0 Å². The molecule has 3 heterocycles. The molecule has 20 heavy (non-hydrogen) atoms. The number of hydrogen-bond acceptors (Lipinski definition) is 6. The largest absolute Gasteiger partial charge is 0.380 e. The second-order valence-corrected chi connectivity index (χ2v) is 5.37. The van der Waals surface area contributed by atoms with E-state index in [0.29, 0.717) is 17.8 Å². The van der Waals surface area contributed by atoms with E-state index in [-0.39, 0.29) is 0 Å². The van der Waals surface area contributed by atoms with Crippen molar-refractivity contribution in [3.63, 3.8) is 0 Å². The number of rotatable bonds is 4. The van der Waals surface area contributed by atoms with E-state index in [1.54, 1.807) is 19.8 Å². The Bertz CT molecular complexity index is 585. The van der Waals surface area contributed by atoms with Crippen LogP contribution in [0.3, 0.4) is 0 Å². The van der Waals surface area contributed by atoms with Gasteiger partial charge in [0, 0.05) is 33.3 Å². The number of aromatic nitrogens is 4. The standard InChI is InChI=1S/C13H20N6O/c1-18-6-10(20-3)4-9(18)5-19(2)13-11-12(15-7-14-11)16-8-17-13/h7-10H,4-6H2,1-3H3,(H,14,15,16,17)/t9-,10-/m0/s1. The molecule has 0 amide bonds. The van der Waals surface area contributed by atoms with Crippen molar-refractivity contribution in [2.75, 3.05) is 39.2 Å². The lowest BCUT2D eigenvalue weighted by molar-refractivity contribution is 0.111. The number of likely N-dealkylation sites (tertiary alicyclic amines) is 1. The SMILES string of the molecule is CO[C@H]1C[C@@H](CN(C)c2ncnc3nc[nH]c23)N(C)C1. The Hall–Kier alpha value is -1.73. The molecule has 2 atom stereocenters. The van der Waals surface area contributed by atoms with Crippen LogP contribution in [0, 0.1) is 0 Å². The van der Waals surface area contributed by atoms with Gasteiger partial charge in [-0.05, 0) is 13.5 Å². The summed E-state index contributed by atoms with van der Waals surface area (Å²) in [5.41, 5.74) is 1.59. The molecular formula is C13H20N6O. The van der Waals surface area contributed by atoms with Crippen LogP contribution in [-0.4, -0.2) is 71.3 Å². The molecule has 0 radical (unpaired) electrons. The van der Waals surface area contributed by atoms with Crippen molar-refractivity contribution in [2.24, 2.45) is 0 Å². The van der Waals surface area contributed by atoms with E-state index in [4.69, 9.17) is 4.74 Å². The van der Waals surface area contributed by atoms with Gasteiger partial charge in [0.05, 0.1) is 12.4 Å². The average molecular weight is 276 g/mol. The number of nitrogens with zero attached hydrogens (tertiary/aromatic N) is 5. The molecule has 1 saturated heterocycles. The van der Waals surface area contributed by atoms with Crippen LogP contribution in [0.4, 0.5) is 5.82 Å². The van der Waals surface area contributed by atoms with Gasteiger partial charge < -0.3 is 14.6 Å². The maximum absolute atomic E-state index is 5.45. The highest BCUT2D eigenvalue weighted by Gasteiger charge is 2.30. The van der Waals surface area contributed by atoms with Crippen LogP contribution in [0.1, 0.15) is 6.42 Å². The fraction of sp³-hybridized carbons (Fsp3) is 0.615. The van der Waals surface area contributed by atoms with E-state index in [9.17, 15) is 0 Å². The van der Waals surface area contributed by atoms with E-state index < -0.39 is 0 Å². The van der Waals surface area contributed by atoms with Gasteiger partial charge in [0.2, 0.25) is 0 Å². The number of H-pyrrole nitrogens is 1. The first-order valence-corrected chi connectivity index (χ1v) is 6.77. The van der Waals surface area contributed by atoms with E-state index >= 15 is 0 Å². The fourth-order valence-corrected chi connectivity index (χ4v) is 2.86. The van der Waals surface area contributed by atoms with Crippen LogP contribution >= 0.6 is 0 Å². The summed E-state index contributed by atoms with van der Waals surface area (Å²) in [6.07, 6.45) is 4.59. The second kappa shape index (κ2) is 5.34. The number of methoxy groups -OCH3 is 1. The zero-order valence-electron chi connectivity index (χ0n) is 12.1. The lowest BCUT2D eigenvalue weighted by atomic mass is 10.2. The van der Waals surface area contributed by atoms with Crippen molar-refractivity contribution in [2.45, 2.75) is 18.6 Å². The van der Waals surface area contributed by atoms with Crippen molar-refractivity contribution in [1.82, 2.24) is 24.8 Å². The summed E-state index contributed by atoms with van der Waals surface area (Å²) < 4.78 is 5.45. The van der Waals surface area contributed by atoms with Crippen LogP contribution in [0.15, 0.2) is 12.7 Å². The molecule has 0 aromatic carbocycles. The number of imidazole rings is 1. The van der Waals surface area contributed by atoms with Crippen LogP contribution in [0.25, 0.3) is 11.2 Å². The molecule has 0 unspecified atom stereocenters. The van der Waals surface area contributed by atoms with Gasteiger partial charge in [-0.3, -0.25) is 4.90 Å². The number of fused-ring (bicyclic) bond motifs is 1. The highest BCUT2D eigenvalue weighted by molar-refractivity contribution is 5.82. The van der Waals surface area contributed by atoms with Crippen LogP contribution < -0.4 is 4.90 Å². The minimum Gasteiger partial charge on any atom is -0.380 e. The van der Waals surface area contributed by atoms with Crippen molar-refractivity contribution in [3.05, 3.63) is 12.7 Å². The number of nitrogens with one attached hydrogen (secondary N) is 1. The molecule has 1 aliphatic rings. The molecule has 0 spiro atoms. The molecule has 7 nitrogen and oxygen atoms in total. The molecule has 2 aromatic rings. The average Bonchev–Trinajstić information content (AvgIpc) is 3.05. The summed E-state index contributed by atoms with van der Waals surface area (Å²) in [5, 5.41) is 0. The van der Waals surface area contributed by atoms with Crippen molar-refractivity contribution in [3.8, 4) is 0 Å². The molecule has 7 heteroatoms. The van der Waals surface area contributed by atoms with Crippen molar-refractivity contribution < 1.29 is 4.74 Å². The zero-order valence-corrected chi connectivity index (χ0v) is 12.1. The fourth-order valence-electron chi connectivity index (χ4n) is 2.86. The van der Waals surface area contributed by atoms with Crippen LogP contribution in [0.5, 0.6) is 0 Å². The molecule has 0 saturated carbocycles. The smallest absolute Gasteiger partial charge is 0.182 e. The van der Waals surface area contributed by atoms with E-state index in [1.165, 1.54) is 0 Å². The van der Waals surface area contributed by atoms with E-state index in [0.717, 1.165) is 30.8 Å². The first-order valence-electron chi connectivity index (χ1n) is 6.77. The number of likely N-dealkylation sites (N-methyl/N-ethyl adjacent to an activating group) is 2. The molecule has 1 aliphatic heterocycles. The van der Waals surface area contributed by atoms with Gasteiger partial charge in [-0.1, -0.05) is 0 Å². The topological polar surface area (TPSA) is 70.2 Å². The summed E-state index contributed by atoms with van der Waals surface area (Å²) in [5.74, 6) is 0.891. The second-order valence-electron chi connectivity index (χ2n) is 5.37. The third-order valence-electron chi connectivity index (χ3n) is 4.03. The first kappa shape index (κ1) is 13.3. The Balaban J connectivity index is 1.76. The predicted octanol–water partition coefficient (Wildman–Crippen LogP) is 0.508. The number of aromatic amines is 1. The summed E-state index contributed by atoms with van der Waals surface area (Å²) in [6, 6.07) is 0.470.